The van der Waals surface area contributed by atoms with Crippen molar-refractivity contribution in [3.63, 3.8) is 0 Å². The molecule has 2 aliphatic rings. The molecule has 0 spiro atoms. The van der Waals surface area contributed by atoms with E-state index in [4.69, 9.17) is 10.1 Å². The minimum Gasteiger partial charge on any atom is -0.351 e. The molecule has 2 fully saturated rings. The quantitative estimate of drug-likeness (QED) is 0.438. The van der Waals surface area contributed by atoms with E-state index in [1.807, 2.05) is 35.0 Å². The van der Waals surface area contributed by atoms with E-state index in [1.165, 1.54) is 38.5 Å². The first-order valence-electron chi connectivity index (χ1n) is 12.0. The maximum Gasteiger partial charge on any atom is 0.227 e. The van der Waals surface area contributed by atoms with Gasteiger partial charge < -0.3 is 10.6 Å². The Bertz CT molecular complexity index is 1240. The summed E-state index contributed by atoms with van der Waals surface area (Å²) in [6, 6.07) is 13.0. The van der Waals surface area contributed by atoms with Crippen molar-refractivity contribution >= 4 is 17.5 Å². The van der Waals surface area contributed by atoms with E-state index < -0.39 is 0 Å². The van der Waals surface area contributed by atoms with Crippen molar-refractivity contribution in [1.82, 2.24) is 29.5 Å². The monoisotopic (exact) mass is 440 g/mol. The van der Waals surface area contributed by atoms with Gasteiger partial charge in [0, 0.05) is 23.8 Å². The molecule has 1 aromatic carbocycles. The molecule has 2 N–H and O–H groups in total. The standard InChI is InChI=1S/C25H28N8/c1-2-8-17(9-3-1)22-21(20-14-15-26-24(31-20)29-18-10-4-5-11-18)23-27-16-28-25(33(23)32-22)30-19-12-6-7-13-19/h1-3,8-9,14-16,18-19H,4-7,10-13H2,(H,26,29,31)(H,27,28,30). The second kappa shape index (κ2) is 8.77. The van der Waals surface area contributed by atoms with Crippen LogP contribution in [-0.2, 0) is 0 Å². The molecule has 8 heteroatoms. The number of aromatic nitrogens is 6. The van der Waals surface area contributed by atoms with Crippen LogP contribution < -0.4 is 10.6 Å². The molecule has 0 unspecified atom stereocenters. The Hall–Kier alpha value is -3.55. The van der Waals surface area contributed by atoms with Crippen molar-refractivity contribution in [3.8, 4) is 22.5 Å². The molecule has 168 valence electrons. The van der Waals surface area contributed by atoms with Gasteiger partial charge in [0.15, 0.2) is 5.65 Å². The summed E-state index contributed by atoms with van der Waals surface area (Å²) in [4.78, 5) is 18.6. The highest BCUT2D eigenvalue weighted by atomic mass is 15.4. The summed E-state index contributed by atoms with van der Waals surface area (Å²) in [7, 11) is 0. The number of anilines is 2. The van der Waals surface area contributed by atoms with Crippen LogP contribution in [0, 0.1) is 0 Å². The van der Waals surface area contributed by atoms with Crippen LogP contribution in [0.2, 0.25) is 0 Å². The van der Waals surface area contributed by atoms with Crippen LogP contribution in [0.5, 0.6) is 0 Å². The number of hydrogen-bond donors (Lipinski definition) is 2. The van der Waals surface area contributed by atoms with Gasteiger partial charge in [0.25, 0.3) is 0 Å². The third-order valence-electron chi connectivity index (χ3n) is 6.76. The van der Waals surface area contributed by atoms with Crippen molar-refractivity contribution < 1.29 is 0 Å². The van der Waals surface area contributed by atoms with Crippen molar-refractivity contribution in [2.75, 3.05) is 10.6 Å². The minimum atomic E-state index is 0.428. The third kappa shape index (κ3) is 4.01. The summed E-state index contributed by atoms with van der Waals surface area (Å²) >= 11 is 0. The Labute approximate surface area is 192 Å². The predicted octanol–water partition coefficient (Wildman–Crippen LogP) is 4.96. The maximum absolute atomic E-state index is 4.98. The number of nitrogens with zero attached hydrogens (tertiary/aromatic N) is 6. The zero-order valence-corrected chi connectivity index (χ0v) is 18.6. The molecule has 0 saturated heterocycles. The van der Waals surface area contributed by atoms with E-state index in [0.717, 1.165) is 47.0 Å². The first kappa shape index (κ1) is 20.1. The Balaban J connectivity index is 1.47. The lowest BCUT2D eigenvalue weighted by Crippen LogP contribution is -2.18. The molecule has 2 saturated carbocycles. The summed E-state index contributed by atoms with van der Waals surface area (Å²) in [6.07, 6.45) is 13.1. The molecule has 33 heavy (non-hydrogen) atoms. The fourth-order valence-corrected chi connectivity index (χ4v) is 5.07. The summed E-state index contributed by atoms with van der Waals surface area (Å²) in [5, 5.41) is 12.1. The SMILES string of the molecule is c1ccc(-c2nn3c(NC4CCCC4)ncnc3c2-c2ccnc(NC3CCCC3)n2)cc1. The van der Waals surface area contributed by atoms with Gasteiger partial charge in [-0.1, -0.05) is 56.0 Å². The van der Waals surface area contributed by atoms with E-state index in [9.17, 15) is 0 Å². The summed E-state index contributed by atoms with van der Waals surface area (Å²) in [5.41, 5.74) is 4.32. The molecule has 4 aromatic rings. The molecule has 0 radical (unpaired) electrons. The summed E-state index contributed by atoms with van der Waals surface area (Å²) in [5.74, 6) is 1.39. The van der Waals surface area contributed by atoms with Gasteiger partial charge in [-0.15, -0.1) is 0 Å². The highest BCUT2D eigenvalue weighted by Crippen LogP contribution is 2.35. The number of benzene rings is 1. The van der Waals surface area contributed by atoms with Gasteiger partial charge in [-0.3, -0.25) is 0 Å². The van der Waals surface area contributed by atoms with E-state index >= 15 is 0 Å². The number of fused-ring (bicyclic) bond motifs is 1. The fraction of sp³-hybridized carbons (Fsp3) is 0.400. The van der Waals surface area contributed by atoms with Crippen LogP contribution in [0.4, 0.5) is 11.9 Å². The first-order chi connectivity index (χ1) is 16.3. The third-order valence-corrected chi connectivity index (χ3v) is 6.76. The maximum atomic E-state index is 4.98. The zero-order chi connectivity index (χ0) is 22.0. The van der Waals surface area contributed by atoms with Gasteiger partial charge in [-0.25, -0.2) is 19.9 Å². The average Bonchev–Trinajstić information content (AvgIpc) is 3.61. The van der Waals surface area contributed by atoms with E-state index in [-0.39, 0.29) is 0 Å². The van der Waals surface area contributed by atoms with Crippen molar-refractivity contribution in [1.29, 1.82) is 0 Å². The van der Waals surface area contributed by atoms with Crippen LogP contribution in [0.1, 0.15) is 51.4 Å². The molecule has 3 aromatic heterocycles. The Kier molecular flexibility index (Phi) is 5.34. The molecule has 0 amide bonds. The Morgan fingerprint density at radius 3 is 2.27 bits per heavy atom. The predicted molar refractivity (Wildman–Crippen MR) is 129 cm³/mol. The highest BCUT2D eigenvalue weighted by Gasteiger charge is 2.23. The van der Waals surface area contributed by atoms with Crippen molar-refractivity contribution in [3.05, 3.63) is 48.9 Å². The fourth-order valence-electron chi connectivity index (χ4n) is 5.07. The van der Waals surface area contributed by atoms with E-state index in [1.54, 1.807) is 6.33 Å². The van der Waals surface area contributed by atoms with Crippen LogP contribution in [0.25, 0.3) is 28.2 Å². The minimum absolute atomic E-state index is 0.428. The number of nitrogens with one attached hydrogen (secondary N) is 2. The van der Waals surface area contributed by atoms with Gasteiger partial charge >= 0.3 is 0 Å². The van der Waals surface area contributed by atoms with Gasteiger partial charge in [0.05, 0.1) is 11.3 Å². The smallest absolute Gasteiger partial charge is 0.227 e. The molecule has 0 bridgehead atoms. The second-order valence-corrected chi connectivity index (χ2v) is 9.04. The molecular formula is C25H28N8. The lowest BCUT2D eigenvalue weighted by molar-refractivity contribution is 0.730. The van der Waals surface area contributed by atoms with Gasteiger partial charge in [0.2, 0.25) is 11.9 Å². The van der Waals surface area contributed by atoms with E-state index in [2.05, 4.69) is 37.7 Å². The summed E-state index contributed by atoms with van der Waals surface area (Å²) in [6.45, 7) is 0. The number of hydrogen-bond acceptors (Lipinski definition) is 7. The molecule has 0 atom stereocenters. The highest BCUT2D eigenvalue weighted by molar-refractivity contribution is 5.89. The zero-order valence-electron chi connectivity index (χ0n) is 18.6. The Morgan fingerprint density at radius 2 is 1.52 bits per heavy atom. The summed E-state index contributed by atoms with van der Waals surface area (Å²) < 4.78 is 1.84. The molecular weight excluding hydrogens is 412 g/mol. The van der Waals surface area contributed by atoms with E-state index in [0.29, 0.717) is 18.0 Å². The largest absolute Gasteiger partial charge is 0.351 e. The lowest BCUT2D eigenvalue weighted by Gasteiger charge is -2.13. The van der Waals surface area contributed by atoms with Crippen LogP contribution in [0.15, 0.2) is 48.9 Å². The van der Waals surface area contributed by atoms with Gasteiger partial charge in [0.1, 0.15) is 12.0 Å². The van der Waals surface area contributed by atoms with Gasteiger partial charge in [-0.05, 0) is 31.7 Å². The average molecular weight is 441 g/mol. The number of rotatable bonds is 6. The topological polar surface area (TPSA) is 92.9 Å². The molecule has 2 aliphatic carbocycles. The molecule has 0 aliphatic heterocycles. The van der Waals surface area contributed by atoms with Gasteiger partial charge in [-0.2, -0.15) is 9.61 Å². The second-order valence-electron chi connectivity index (χ2n) is 9.04. The van der Waals surface area contributed by atoms with Crippen LogP contribution in [0.3, 0.4) is 0 Å². The Morgan fingerprint density at radius 1 is 0.788 bits per heavy atom. The van der Waals surface area contributed by atoms with Crippen LogP contribution in [-0.4, -0.2) is 41.6 Å². The first-order valence-corrected chi connectivity index (χ1v) is 12.0. The lowest BCUT2D eigenvalue weighted by atomic mass is 10.1. The molecule has 3 heterocycles. The molecule has 6 rings (SSSR count). The van der Waals surface area contributed by atoms with Crippen molar-refractivity contribution in [2.24, 2.45) is 0 Å². The molecule has 8 nitrogen and oxygen atoms in total. The van der Waals surface area contributed by atoms with Crippen LogP contribution >= 0.6 is 0 Å². The normalized spacial score (nSPS) is 17.1. The van der Waals surface area contributed by atoms with Crippen molar-refractivity contribution in [2.45, 2.75) is 63.5 Å².